The SMILES string of the molecule is CC(C)(CCO)CNC(=O)C1(c2cccc(Br)c2)CC1. The maximum Gasteiger partial charge on any atom is 0.230 e. The molecule has 0 radical (unpaired) electrons. The molecule has 3 nitrogen and oxygen atoms in total. The number of carbonyl (C=O) groups is 1. The Balaban J connectivity index is 2.02. The van der Waals surface area contributed by atoms with Gasteiger partial charge in [0, 0.05) is 17.6 Å². The predicted molar refractivity (Wildman–Crippen MR) is 83.5 cm³/mol. The second kappa shape index (κ2) is 5.86. The van der Waals surface area contributed by atoms with E-state index in [2.05, 4.69) is 35.1 Å². The van der Waals surface area contributed by atoms with Gasteiger partial charge in [-0.2, -0.15) is 0 Å². The van der Waals surface area contributed by atoms with Gasteiger partial charge in [0.25, 0.3) is 0 Å². The van der Waals surface area contributed by atoms with Crippen LogP contribution in [0.1, 0.15) is 38.7 Å². The zero-order chi connectivity index (χ0) is 14.8. The van der Waals surface area contributed by atoms with Gasteiger partial charge in [0.15, 0.2) is 0 Å². The number of aliphatic hydroxyl groups is 1. The molecule has 0 unspecified atom stereocenters. The van der Waals surface area contributed by atoms with E-state index in [0.29, 0.717) is 13.0 Å². The molecule has 1 aliphatic rings. The van der Waals surface area contributed by atoms with E-state index in [9.17, 15) is 4.79 Å². The van der Waals surface area contributed by atoms with E-state index in [1.165, 1.54) is 0 Å². The molecule has 1 saturated carbocycles. The van der Waals surface area contributed by atoms with Gasteiger partial charge in [-0.05, 0) is 42.4 Å². The summed E-state index contributed by atoms with van der Waals surface area (Å²) in [4.78, 5) is 12.5. The number of benzene rings is 1. The number of amides is 1. The van der Waals surface area contributed by atoms with E-state index in [-0.39, 0.29) is 23.3 Å². The Morgan fingerprint density at radius 3 is 2.70 bits per heavy atom. The second-order valence-corrected chi connectivity index (χ2v) is 7.33. The highest BCUT2D eigenvalue weighted by Crippen LogP contribution is 2.48. The van der Waals surface area contributed by atoms with Crippen LogP contribution >= 0.6 is 15.9 Å². The number of rotatable bonds is 6. The molecule has 2 N–H and O–H groups in total. The lowest BCUT2D eigenvalue weighted by Gasteiger charge is -2.25. The highest BCUT2D eigenvalue weighted by atomic mass is 79.9. The predicted octanol–water partition coefficient (Wildman–Crippen LogP) is 3.01. The normalized spacial score (nSPS) is 16.8. The van der Waals surface area contributed by atoms with Gasteiger partial charge in [0.2, 0.25) is 5.91 Å². The minimum atomic E-state index is -0.334. The van der Waals surface area contributed by atoms with Crippen LogP contribution in [0.15, 0.2) is 28.7 Å². The summed E-state index contributed by atoms with van der Waals surface area (Å²) in [6.07, 6.45) is 2.52. The van der Waals surface area contributed by atoms with Gasteiger partial charge in [-0.1, -0.05) is 41.9 Å². The highest BCUT2D eigenvalue weighted by Gasteiger charge is 2.51. The minimum absolute atomic E-state index is 0.0717. The average Bonchev–Trinajstić information content (AvgIpc) is 3.17. The maximum atomic E-state index is 12.5. The van der Waals surface area contributed by atoms with Crippen molar-refractivity contribution in [1.82, 2.24) is 5.32 Å². The lowest BCUT2D eigenvalue weighted by Crippen LogP contribution is -2.40. The molecule has 1 amide bonds. The Labute approximate surface area is 128 Å². The van der Waals surface area contributed by atoms with Gasteiger partial charge >= 0.3 is 0 Å². The molecular weight excluding hydrogens is 318 g/mol. The Hall–Kier alpha value is -0.870. The van der Waals surface area contributed by atoms with Crippen molar-refractivity contribution in [3.63, 3.8) is 0 Å². The van der Waals surface area contributed by atoms with Crippen LogP contribution in [0.5, 0.6) is 0 Å². The number of nitrogens with one attached hydrogen (secondary N) is 1. The molecule has 110 valence electrons. The van der Waals surface area contributed by atoms with Crippen molar-refractivity contribution >= 4 is 21.8 Å². The zero-order valence-electron chi connectivity index (χ0n) is 12.1. The van der Waals surface area contributed by atoms with Crippen LogP contribution in [0, 0.1) is 5.41 Å². The van der Waals surface area contributed by atoms with Crippen molar-refractivity contribution in [2.24, 2.45) is 5.41 Å². The minimum Gasteiger partial charge on any atom is -0.396 e. The molecule has 4 heteroatoms. The van der Waals surface area contributed by atoms with Crippen molar-refractivity contribution in [3.05, 3.63) is 34.3 Å². The fraction of sp³-hybridized carbons (Fsp3) is 0.562. The summed E-state index contributed by atoms with van der Waals surface area (Å²) >= 11 is 3.46. The van der Waals surface area contributed by atoms with Gasteiger partial charge in [-0.25, -0.2) is 0 Å². The fourth-order valence-corrected chi connectivity index (χ4v) is 2.84. The first-order valence-corrected chi connectivity index (χ1v) is 7.84. The summed E-state index contributed by atoms with van der Waals surface area (Å²) in [5.41, 5.74) is 0.681. The third-order valence-corrected chi connectivity index (χ3v) is 4.57. The molecule has 0 aromatic heterocycles. The fourth-order valence-electron chi connectivity index (χ4n) is 2.44. The van der Waals surface area contributed by atoms with Crippen LogP contribution in [-0.2, 0) is 10.2 Å². The first kappa shape index (κ1) is 15.5. The van der Waals surface area contributed by atoms with E-state index in [1.54, 1.807) is 0 Å². The van der Waals surface area contributed by atoms with E-state index in [1.807, 2.05) is 24.3 Å². The number of halogens is 1. The third-order valence-electron chi connectivity index (χ3n) is 4.08. The van der Waals surface area contributed by atoms with Crippen LogP contribution in [0.2, 0.25) is 0 Å². The Kier molecular flexibility index (Phi) is 4.55. The van der Waals surface area contributed by atoms with Crippen molar-refractivity contribution in [2.45, 2.75) is 38.5 Å². The van der Waals surface area contributed by atoms with Crippen molar-refractivity contribution in [1.29, 1.82) is 0 Å². The number of aliphatic hydroxyl groups excluding tert-OH is 1. The molecule has 1 fully saturated rings. The highest BCUT2D eigenvalue weighted by molar-refractivity contribution is 9.10. The topological polar surface area (TPSA) is 49.3 Å². The molecule has 0 bridgehead atoms. The molecule has 0 spiro atoms. The first-order chi connectivity index (χ1) is 9.39. The second-order valence-electron chi connectivity index (χ2n) is 6.41. The number of hydrogen-bond donors (Lipinski definition) is 2. The molecule has 2 rings (SSSR count). The molecule has 0 aliphatic heterocycles. The largest absolute Gasteiger partial charge is 0.396 e. The number of carbonyl (C=O) groups excluding carboxylic acids is 1. The summed E-state index contributed by atoms with van der Waals surface area (Å²) in [5, 5.41) is 12.1. The molecule has 0 heterocycles. The Morgan fingerprint density at radius 2 is 2.15 bits per heavy atom. The molecule has 20 heavy (non-hydrogen) atoms. The van der Waals surface area contributed by atoms with Crippen LogP contribution in [-0.4, -0.2) is 24.2 Å². The average molecular weight is 340 g/mol. The zero-order valence-corrected chi connectivity index (χ0v) is 13.7. The monoisotopic (exact) mass is 339 g/mol. The van der Waals surface area contributed by atoms with E-state index in [0.717, 1.165) is 22.9 Å². The van der Waals surface area contributed by atoms with Crippen molar-refractivity contribution in [3.8, 4) is 0 Å². The Morgan fingerprint density at radius 1 is 1.45 bits per heavy atom. The van der Waals surface area contributed by atoms with Crippen molar-refractivity contribution in [2.75, 3.05) is 13.2 Å². The summed E-state index contributed by atoms with van der Waals surface area (Å²) in [7, 11) is 0. The van der Waals surface area contributed by atoms with E-state index in [4.69, 9.17) is 5.11 Å². The van der Waals surface area contributed by atoms with Crippen molar-refractivity contribution < 1.29 is 9.90 Å². The molecular formula is C16H22BrNO2. The third kappa shape index (κ3) is 3.41. The number of hydrogen-bond acceptors (Lipinski definition) is 2. The van der Waals surface area contributed by atoms with Gasteiger partial charge in [0.05, 0.1) is 5.41 Å². The standard InChI is InChI=1S/C16H22BrNO2/c1-15(2,8-9-19)11-18-14(20)16(6-7-16)12-4-3-5-13(17)10-12/h3-5,10,19H,6-9,11H2,1-2H3,(H,18,20). The maximum absolute atomic E-state index is 12.5. The first-order valence-electron chi connectivity index (χ1n) is 7.05. The molecule has 0 atom stereocenters. The van der Waals surface area contributed by atoms with Crippen LogP contribution in [0.3, 0.4) is 0 Å². The van der Waals surface area contributed by atoms with Gasteiger partial charge in [0.1, 0.15) is 0 Å². The van der Waals surface area contributed by atoms with Gasteiger partial charge in [-0.15, -0.1) is 0 Å². The smallest absolute Gasteiger partial charge is 0.230 e. The summed E-state index contributed by atoms with van der Waals surface area (Å²) in [6, 6.07) is 8.01. The molecule has 1 aromatic rings. The van der Waals surface area contributed by atoms with E-state index >= 15 is 0 Å². The lowest BCUT2D eigenvalue weighted by molar-refractivity contribution is -0.124. The van der Waals surface area contributed by atoms with Crippen LogP contribution < -0.4 is 5.32 Å². The Bertz CT molecular complexity index is 495. The van der Waals surface area contributed by atoms with Gasteiger partial charge < -0.3 is 10.4 Å². The molecule has 0 saturated heterocycles. The van der Waals surface area contributed by atoms with Crippen LogP contribution in [0.4, 0.5) is 0 Å². The van der Waals surface area contributed by atoms with E-state index < -0.39 is 0 Å². The summed E-state index contributed by atoms with van der Waals surface area (Å²) < 4.78 is 1.01. The van der Waals surface area contributed by atoms with Crippen LogP contribution in [0.25, 0.3) is 0 Å². The summed E-state index contributed by atoms with van der Waals surface area (Å²) in [6.45, 7) is 4.87. The van der Waals surface area contributed by atoms with Gasteiger partial charge in [-0.3, -0.25) is 4.79 Å². The lowest BCUT2D eigenvalue weighted by atomic mass is 9.88. The summed E-state index contributed by atoms with van der Waals surface area (Å²) in [5.74, 6) is 0.113. The molecule has 1 aliphatic carbocycles. The quantitative estimate of drug-likeness (QED) is 0.836. The molecule has 1 aromatic carbocycles.